The molecule has 1 atom stereocenters. The Kier molecular flexibility index (Phi) is 4.73. The van der Waals surface area contributed by atoms with Crippen molar-refractivity contribution in [2.45, 2.75) is 45.3 Å². The summed E-state index contributed by atoms with van der Waals surface area (Å²) in [6.07, 6.45) is 7.24. The number of carbonyl (C=O) groups is 1. The first-order valence-electron chi connectivity index (χ1n) is 8.61. The van der Waals surface area contributed by atoms with Crippen molar-refractivity contribution in [3.8, 4) is 0 Å². The molecule has 1 spiro atoms. The summed E-state index contributed by atoms with van der Waals surface area (Å²) >= 11 is 0. The Morgan fingerprint density at radius 1 is 1.35 bits per heavy atom. The van der Waals surface area contributed by atoms with Crippen LogP contribution < -0.4 is 0 Å². The minimum absolute atomic E-state index is 0.203. The molecule has 2 aliphatic heterocycles. The highest BCUT2D eigenvalue weighted by molar-refractivity contribution is 5.77. The van der Waals surface area contributed by atoms with E-state index in [1.807, 2.05) is 24.5 Å². The first-order valence-corrected chi connectivity index (χ1v) is 8.61. The van der Waals surface area contributed by atoms with Gasteiger partial charge >= 0.3 is 0 Å². The molecule has 1 aromatic rings. The lowest BCUT2D eigenvalue weighted by atomic mass is 9.72. The average molecular weight is 320 g/mol. The van der Waals surface area contributed by atoms with E-state index in [9.17, 15) is 9.90 Å². The number of aryl methyl sites for hydroxylation is 1. The molecule has 1 aromatic heterocycles. The number of imidazole rings is 1. The van der Waals surface area contributed by atoms with Crippen molar-refractivity contribution in [3.63, 3.8) is 0 Å². The van der Waals surface area contributed by atoms with E-state index in [2.05, 4.69) is 14.5 Å². The molecule has 3 rings (SSSR count). The molecule has 3 heterocycles. The number of aromatic nitrogens is 2. The number of aliphatic hydroxyl groups excluding tert-OH is 1. The predicted molar refractivity (Wildman–Crippen MR) is 87.6 cm³/mol. The van der Waals surface area contributed by atoms with E-state index in [1.54, 1.807) is 6.92 Å². The topological polar surface area (TPSA) is 61.6 Å². The van der Waals surface area contributed by atoms with Crippen LogP contribution >= 0.6 is 0 Å². The molecule has 0 aromatic carbocycles. The summed E-state index contributed by atoms with van der Waals surface area (Å²) < 4.78 is 2.08. The van der Waals surface area contributed by atoms with Crippen LogP contribution in [0.5, 0.6) is 0 Å². The lowest BCUT2D eigenvalue weighted by molar-refractivity contribution is -0.140. The van der Waals surface area contributed by atoms with Gasteiger partial charge in [0.1, 0.15) is 0 Å². The van der Waals surface area contributed by atoms with Gasteiger partial charge in [0.2, 0.25) is 5.91 Å². The summed E-state index contributed by atoms with van der Waals surface area (Å²) in [6, 6.07) is 0. The molecule has 2 aliphatic rings. The maximum absolute atomic E-state index is 12.1. The first kappa shape index (κ1) is 16.5. The molecule has 0 bridgehead atoms. The van der Waals surface area contributed by atoms with Gasteiger partial charge in [0.15, 0.2) is 0 Å². The summed E-state index contributed by atoms with van der Waals surface area (Å²) in [5.41, 5.74) is 1.50. The zero-order valence-corrected chi connectivity index (χ0v) is 14.2. The van der Waals surface area contributed by atoms with Crippen molar-refractivity contribution in [2.24, 2.45) is 12.5 Å². The van der Waals surface area contributed by atoms with E-state index in [4.69, 9.17) is 0 Å². The van der Waals surface area contributed by atoms with Crippen LogP contribution in [0.15, 0.2) is 12.5 Å². The standard InChI is InChI=1S/C17H28N4O2/c1-14(22)10-21-12-17(4-3-16(21)23)5-7-20(8-6-17)11-15-9-18-13-19(15)2/h9,13-14,22H,3-8,10-12H2,1-2H3/t14-/m1/s1. The summed E-state index contributed by atoms with van der Waals surface area (Å²) in [5.74, 6) is 0.203. The fourth-order valence-electron chi connectivity index (χ4n) is 3.95. The molecule has 1 N–H and O–H groups in total. The van der Waals surface area contributed by atoms with E-state index in [-0.39, 0.29) is 11.3 Å². The van der Waals surface area contributed by atoms with Crippen LogP contribution in [0.3, 0.4) is 0 Å². The molecule has 128 valence electrons. The third-order valence-electron chi connectivity index (χ3n) is 5.45. The van der Waals surface area contributed by atoms with Gasteiger partial charge in [-0.2, -0.15) is 0 Å². The zero-order chi connectivity index (χ0) is 16.4. The number of aliphatic hydroxyl groups is 1. The number of carbonyl (C=O) groups excluding carboxylic acids is 1. The minimum Gasteiger partial charge on any atom is -0.392 e. The van der Waals surface area contributed by atoms with Crippen LogP contribution in [0.4, 0.5) is 0 Å². The maximum Gasteiger partial charge on any atom is 0.222 e. The molecule has 0 radical (unpaired) electrons. The second-order valence-electron chi connectivity index (χ2n) is 7.40. The van der Waals surface area contributed by atoms with Gasteiger partial charge in [0, 0.05) is 39.3 Å². The lowest BCUT2D eigenvalue weighted by Gasteiger charge is -2.47. The SMILES string of the molecule is C[C@@H](O)CN1CC2(CCC1=O)CCN(Cc1cncn1C)CC2. The van der Waals surface area contributed by atoms with Gasteiger partial charge in [0.05, 0.1) is 18.1 Å². The molecule has 23 heavy (non-hydrogen) atoms. The molecular formula is C17H28N4O2. The van der Waals surface area contributed by atoms with Crippen molar-refractivity contribution < 1.29 is 9.90 Å². The van der Waals surface area contributed by atoms with E-state index in [1.165, 1.54) is 5.69 Å². The third-order valence-corrected chi connectivity index (χ3v) is 5.45. The van der Waals surface area contributed by atoms with Crippen molar-refractivity contribution in [1.82, 2.24) is 19.4 Å². The molecule has 0 unspecified atom stereocenters. The lowest BCUT2D eigenvalue weighted by Crippen LogP contribution is -2.52. The molecule has 2 saturated heterocycles. The Balaban J connectivity index is 1.57. The number of hydrogen-bond donors (Lipinski definition) is 1. The van der Waals surface area contributed by atoms with Gasteiger partial charge in [-0.3, -0.25) is 9.69 Å². The highest BCUT2D eigenvalue weighted by Gasteiger charge is 2.41. The van der Waals surface area contributed by atoms with Gasteiger partial charge in [-0.1, -0.05) is 0 Å². The van der Waals surface area contributed by atoms with E-state index in [0.717, 1.165) is 45.4 Å². The normalized spacial score (nSPS) is 23.4. The zero-order valence-electron chi connectivity index (χ0n) is 14.2. The molecule has 2 fully saturated rings. The van der Waals surface area contributed by atoms with E-state index < -0.39 is 6.10 Å². The number of rotatable bonds is 4. The quantitative estimate of drug-likeness (QED) is 0.899. The van der Waals surface area contributed by atoms with Gasteiger partial charge in [0.25, 0.3) is 0 Å². The van der Waals surface area contributed by atoms with Gasteiger partial charge in [-0.05, 0) is 44.7 Å². The highest BCUT2D eigenvalue weighted by atomic mass is 16.3. The van der Waals surface area contributed by atoms with Crippen LogP contribution in [-0.2, 0) is 18.4 Å². The van der Waals surface area contributed by atoms with Crippen molar-refractivity contribution in [3.05, 3.63) is 18.2 Å². The molecule has 0 aliphatic carbocycles. The van der Waals surface area contributed by atoms with Crippen molar-refractivity contribution >= 4 is 5.91 Å². The van der Waals surface area contributed by atoms with Crippen molar-refractivity contribution in [1.29, 1.82) is 0 Å². The molecule has 1 amide bonds. The van der Waals surface area contributed by atoms with Crippen LogP contribution in [-0.4, -0.2) is 62.6 Å². The van der Waals surface area contributed by atoms with Crippen LogP contribution in [0.25, 0.3) is 0 Å². The highest BCUT2D eigenvalue weighted by Crippen LogP contribution is 2.40. The van der Waals surface area contributed by atoms with Crippen LogP contribution in [0, 0.1) is 5.41 Å². The smallest absolute Gasteiger partial charge is 0.222 e. The second kappa shape index (κ2) is 6.61. The monoisotopic (exact) mass is 320 g/mol. The Morgan fingerprint density at radius 3 is 2.70 bits per heavy atom. The number of amides is 1. The third kappa shape index (κ3) is 3.75. The Bertz CT molecular complexity index is 547. The number of β-amino-alcohol motifs (C(OH)–C–C–N with tert-alkyl or cyclic N) is 1. The Labute approximate surface area is 138 Å². The average Bonchev–Trinajstić information content (AvgIpc) is 2.91. The summed E-state index contributed by atoms with van der Waals surface area (Å²) in [6.45, 7) is 6.13. The van der Waals surface area contributed by atoms with Gasteiger partial charge < -0.3 is 14.6 Å². The molecule has 6 heteroatoms. The maximum atomic E-state index is 12.1. The number of piperidine rings is 2. The van der Waals surface area contributed by atoms with Gasteiger partial charge in [-0.15, -0.1) is 0 Å². The van der Waals surface area contributed by atoms with Crippen LogP contribution in [0.2, 0.25) is 0 Å². The fourth-order valence-corrected chi connectivity index (χ4v) is 3.95. The summed E-state index contributed by atoms with van der Waals surface area (Å²) in [7, 11) is 2.04. The molecule has 0 saturated carbocycles. The molecule has 6 nitrogen and oxygen atoms in total. The van der Waals surface area contributed by atoms with Crippen molar-refractivity contribution in [2.75, 3.05) is 26.2 Å². The van der Waals surface area contributed by atoms with E-state index in [0.29, 0.717) is 13.0 Å². The second-order valence-corrected chi connectivity index (χ2v) is 7.40. The minimum atomic E-state index is -0.445. The summed E-state index contributed by atoms with van der Waals surface area (Å²) in [5, 5.41) is 9.61. The summed E-state index contributed by atoms with van der Waals surface area (Å²) in [4.78, 5) is 20.6. The fraction of sp³-hybridized carbons (Fsp3) is 0.765. The molecular weight excluding hydrogens is 292 g/mol. The Morgan fingerprint density at radius 2 is 2.09 bits per heavy atom. The van der Waals surface area contributed by atoms with Gasteiger partial charge in [-0.25, -0.2) is 4.98 Å². The first-order chi connectivity index (χ1) is 11.0. The number of hydrogen-bond acceptors (Lipinski definition) is 4. The number of nitrogens with zero attached hydrogens (tertiary/aromatic N) is 4. The number of likely N-dealkylation sites (tertiary alicyclic amines) is 2. The Hall–Kier alpha value is -1.40. The van der Waals surface area contributed by atoms with Crippen LogP contribution in [0.1, 0.15) is 38.3 Å². The van der Waals surface area contributed by atoms with E-state index >= 15 is 0 Å². The predicted octanol–water partition coefficient (Wildman–Crippen LogP) is 1.01. The largest absolute Gasteiger partial charge is 0.392 e.